The second kappa shape index (κ2) is 11.5. The number of para-hydroxylation sites is 3. The normalized spacial score (nSPS) is 11.6. The Bertz CT molecular complexity index is 2790. The first-order chi connectivity index (χ1) is 24.8. The fourth-order valence-electron chi connectivity index (χ4n) is 7.41. The zero-order valence-electron chi connectivity index (χ0n) is 27.1. The highest BCUT2D eigenvalue weighted by atomic mass is 16.3. The fraction of sp³-hybridized carbons (Fsp3) is 0. The van der Waals surface area contributed by atoms with E-state index in [2.05, 4.69) is 180 Å². The van der Waals surface area contributed by atoms with Crippen molar-refractivity contribution >= 4 is 43.7 Å². The molecule has 0 bridgehead atoms. The summed E-state index contributed by atoms with van der Waals surface area (Å²) in [5.41, 5.74) is 13.7. The molecule has 3 aromatic heterocycles. The molecule has 234 valence electrons. The summed E-state index contributed by atoms with van der Waals surface area (Å²) in [6, 6.07) is 64.2. The predicted octanol–water partition coefficient (Wildman–Crippen LogP) is 12.7. The van der Waals surface area contributed by atoms with Gasteiger partial charge in [-0.2, -0.15) is 0 Å². The minimum atomic E-state index is 0.847. The third-order valence-corrected chi connectivity index (χ3v) is 9.79. The molecule has 10 aromatic rings. The van der Waals surface area contributed by atoms with E-state index in [9.17, 15) is 0 Å². The summed E-state index contributed by atoms with van der Waals surface area (Å²) >= 11 is 0. The molecule has 0 aliphatic rings. The van der Waals surface area contributed by atoms with Gasteiger partial charge in [-0.1, -0.05) is 127 Å². The lowest BCUT2D eigenvalue weighted by atomic mass is 9.99. The van der Waals surface area contributed by atoms with E-state index in [-0.39, 0.29) is 0 Å². The van der Waals surface area contributed by atoms with Gasteiger partial charge in [-0.25, -0.2) is 4.98 Å². The molecular weight excluding hydrogens is 609 g/mol. The van der Waals surface area contributed by atoms with Gasteiger partial charge in [-0.3, -0.25) is 0 Å². The van der Waals surface area contributed by atoms with Gasteiger partial charge in [0, 0.05) is 43.9 Å². The van der Waals surface area contributed by atoms with Crippen LogP contribution in [0.3, 0.4) is 0 Å². The summed E-state index contributed by atoms with van der Waals surface area (Å²) in [7, 11) is 0. The van der Waals surface area contributed by atoms with E-state index in [1.165, 1.54) is 21.8 Å². The Balaban J connectivity index is 1.12. The molecule has 0 aliphatic heterocycles. The monoisotopic (exact) mass is 638 g/mol. The number of nitrogens with zero attached hydrogens (tertiary/aromatic N) is 2. The minimum absolute atomic E-state index is 0.847. The van der Waals surface area contributed by atoms with E-state index in [1.54, 1.807) is 0 Å². The van der Waals surface area contributed by atoms with Gasteiger partial charge in [0.25, 0.3) is 0 Å². The summed E-state index contributed by atoms with van der Waals surface area (Å²) in [6.45, 7) is 0. The van der Waals surface area contributed by atoms with Crippen LogP contribution in [0.15, 0.2) is 186 Å². The average molecular weight is 639 g/mol. The number of rotatable bonds is 5. The summed E-state index contributed by atoms with van der Waals surface area (Å²) in [5.74, 6) is 0. The van der Waals surface area contributed by atoms with Crippen LogP contribution in [0.4, 0.5) is 0 Å². The Labute approximate surface area is 289 Å². The molecular formula is C47H30N2O. The number of furan rings is 1. The van der Waals surface area contributed by atoms with Gasteiger partial charge < -0.3 is 8.98 Å². The molecule has 3 nitrogen and oxygen atoms in total. The zero-order chi connectivity index (χ0) is 33.0. The molecule has 3 heteroatoms. The second-order valence-corrected chi connectivity index (χ2v) is 12.8. The van der Waals surface area contributed by atoms with Crippen molar-refractivity contribution in [2.24, 2.45) is 0 Å². The molecule has 0 atom stereocenters. The fourth-order valence-corrected chi connectivity index (χ4v) is 7.41. The smallest absolute Gasteiger partial charge is 0.143 e. The van der Waals surface area contributed by atoms with Gasteiger partial charge in [0.15, 0.2) is 0 Å². The van der Waals surface area contributed by atoms with E-state index in [4.69, 9.17) is 9.40 Å². The Kier molecular flexibility index (Phi) is 6.49. The number of hydrogen-bond acceptors (Lipinski definition) is 2. The van der Waals surface area contributed by atoms with Gasteiger partial charge in [-0.05, 0) is 71.3 Å². The molecule has 0 aliphatic carbocycles. The topological polar surface area (TPSA) is 31.0 Å². The molecule has 0 unspecified atom stereocenters. The van der Waals surface area contributed by atoms with Crippen molar-refractivity contribution in [2.45, 2.75) is 0 Å². The summed E-state index contributed by atoms with van der Waals surface area (Å²) in [4.78, 5) is 5.16. The van der Waals surface area contributed by atoms with Crippen molar-refractivity contribution in [2.75, 3.05) is 0 Å². The zero-order valence-corrected chi connectivity index (χ0v) is 27.1. The van der Waals surface area contributed by atoms with Crippen LogP contribution in [0.1, 0.15) is 0 Å². The van der Waals surface area contributed by atoms with Crippen LogP contribution in [0.2, 0.25) is 0 Å². The summed E-state index contributed by atoms with van der Waals surface area (Å²) in [6.07, 6.45) is 0. The lowest BCUT2D eigenvalue weighted by Crippen LogP contribution is -1.92. The number of benzene rings is 7. The number of aromatic nitrogens is 2. The molecule has 10 rings (SSSR count). The largest absolute Gasteiger partial charge is 0.455 e. The molecule has 0 spiro atoms. The Morgan fingerprint density at radius 1 is 0.380 bits per heavy atom. The van der Waals surface area contributed by atoms with E-state index >= 15 is 0 Å². The second-order valence-electron chi connectivity index (χ2n) is 12.8. The van der Waals surface area contributed by atoms with E-state index in [0.717, 1.165) is 72.4 Å². The van der Waals surface area contributed by atoms with Crippen LogP contribution >= 0.6 is 0 Å². The summed E-state index contributed by atoms with van der Waals surface area (Å²) < 4.78 is 9.12. The molecule has 0 saturated carbocycles. The maximum absolute atomic E-state index is 6.77. The Hall–Kier alpha value is -6.71. The van der Waals surface area contributed by atoms with Crippen molar-refractivity contribution in [1.29, 1.82) is 0 Å². The molecule has 0 amide bonds. The minimum Gasteiger partial charge on any atom is -0.455 e. The van der Waals surface area contributed by atoms with Crippen molar-refractivity contribution < 1.29 is 4.42 Å². The molecule has 0 N–H and O–H groups in total. The molecule has 0 saturated heterocycles. The number of pyridine rings is 1. The van der Waals surface area contributed by atoms with Crippen molar-refractivity contribution in [3.05, 3.63) is 182 Å². The van der Waals surface area contributed by atoms with Gasteiger partial charge in [0.05, 0.1) is 22.4 Å². The number of hydrogen-bond donors (Lipinski definition) is 0. The maximum atomic E-state index is 6.77. The van der Waals surface area contributed by atoms with Gasteiger partial charge >= 0.3 is 0 Å². The SMILES string of the molecule is c1ccc(-c2cc(-c3ccccc3)nc(-c3ccc4c(c3)oc3c(-c5ccc6c(c5)c5ccccc5n6-c5ccccc5)cccc34)c2)cc1. The van der Waals surface area contributed by atoms with Crippen LogP contribution in [-0.2, 0) is 0 Å². The van der Waals surface area contributed by atoms with Gasteiger partial charge in [0.2, 0.25) is 0 Å². The van der Waals surface area contributed by atoms with Gasteiger partial charge in [0.1, 0.15) is 11.2 Å². The lowest BCUT2D eigenvalue weighted by molar-refractivity contribution is 0.670. The molecule has 0 fully saturated rings. The van der Waals surface area contributed by atoms with Crippen LogP contribution in [0, 0.1) is 0 Å². The molecule has 7 aromatic carbocycles. The highest BCUT2D eigenvalue weighted by molar-refractivity contribution is 6.13. The van der Waals surface area contributed by atoms with E-state index in [0.29, 0.717) is 0 Å². The van der Waals surface area contributed by atoms with E-state index < -0.39 is 0 Å². The average Bonchev–Trinajstić information content (AvgIpc) is 3.74. The summed E-state index contributed by atoms with van der Waals surface area (Å²) in [5, 5.41) is 4.65. The molecule has 50 heavy (non-hydrogen) atoms. The first-order valence-electron chi connectivity index (χ1n) is 17.0. The first-order valence-corrected chi connectivity index (χ1v) is 17.0. The van der Waals surface area contributed by atoms with Crippen molar-refractivity contribution in [1.82, 2.24) is 9.55 Å². The quantitative estimate of drug-likeness (QED) is 0.188. The van der Waals surface area contributed by atoms with Crippen LogP contribution < -0.4 is 0 Å². The van der Waals surface area contributed by atoms with Crippen LogP contribution in [0.25, 0.3) is 94.2 Å². The van der Waals surface area contributed by atoms with Gasteiger partial charge in [-0.15, -0.1) is 0 Å². The maximum Gasteiger partial charge on any atom is 0.143 e. The third-order valence-electron chi connectivity index (χ3n) is 9.79. The van der Waals surface area contributed by atoms with Crippen molar-refractivity contribution in [3.8, 4) is 50.5 Å². The predicted molar refractivity (Wildman–Crippen MR) is 208 cm³/mol. The first kappa shape index (κ1) is 28.3. The third kappa shape index (κ3) is 4.63. The molecule has 3 heterocycles. The standard InChI is InChI=1S/C47H30N2O/c1-4-13-31(14-5-1)35-28-42(32-15-6-2-7-16-32)48-43(29-35)34-23-25-39-40-21-12-20-37(47(40)50-46(39)30-34)33-24-26-45-41(27-33)38-19-10-11-22-44(38)49(45)36-17-8-3-9-18-36/h1-30H. The Morgan fingerprint density at radius 2 is 1.02 bits per heavy atom. The highest BCUT2D eigenvalue weighted by Gasteiger charge is 2.17. The Morgan fingerprint density at radius 3 is 1.82 bits per heavy atom. The lowest BCUT2D eigenvalue weighted by Gasteiger charge is -2.10. The van der Waals surface area contributed by atoms with Crippen molar-refractivity contribution in [3.63, 3.8) is 0 Å². The highest BCUT2D eigenvalue weighted by Crippen LogP contribution is 2.40. The van der Waals surface area contributed by atoms with E-state index in [1.807, 2.05) is 6.07 Å². The number of fused-ring (bicyclic) bond motifs is 6. The van der Waals surface area contributed by atoms with Crippen LogP contribution in [-0.4, -0.2) is 9.55 Å². The van der Waals surface area contributed by atoms with Crippen LogP contribution in [0.5, 0.6) is 0 Å². The molecule has 0 radical (unpaired) electrons.